The highest BCUT2D eigenvalue weighted by molar-refractivity contribution is 5.85. The van der Waals surface area contributed by atoms with Crippen LogP contribution in [0.4, 0.5) is 0 Å². The predicted octanol–water partition coefficient (Wildman–Crippen LogP) is 2.12. The van der Waals surface area contributed by atoms with Crippen LogP contribution in [0, 0.1) is 11.8 Å². The van der Waals surface area contributed by atoms with Gasteiger partial charge in [0, 0.05) is 13.0 Å². The molecule has 1 aliphatic heterocycles. The smallest absolute Gasteiger partial charge is 0.240 e. The van der Waals surface area contributed by atoms with Crippen LogP contribution in [0.2, 0.25) is 0 Å². The molecule has 1 atom stereocenters. The van der Waals surface area contributed by atoms with E-state index < -0.39 is 0 Å². The number of likely N-dealkylation sites (tertiary alicyclic amines) is 1. The van der Waals surface area contributed by atoms with Gasteiger partial charge in [-0.05, 0) is 44.8 Å². The van der Waals surface area contributed by atoms with Gasteiger partial charge in [0.25, 0.3) is 0 Å². The van der Waals surface area contributed by atoms with Crippen LogP contribution in [0.25, 0.3) is 0 Å². The van der Waals surface area contributed by atoms with E-state index >= 15 is 0 Å². The van der Waals surface area contributed by atoms with Gasteiger partial charge < -0.3 is 9.84 Å². The molecule has 116 valence electrons. The molecule has 5 nitrogen and oxygen atoms in total. The number of nitrogens with one attached hydrogen (secondary N) is 1. The topological polar surface area (TPSA) is 54.2 Å². The normalized spacial score (nSPS) is 20.1. The van der Waals surface area contributed by atoms with E-state index in [1.165, 1.54) is 12.8 Å². The molecule has 1 fully saturated rings. The molecule has 0 saturated carbocycles. The second-order valence-corrected chi connectivity index (χ2v) is 6.00. The molecular formula is C14H27ClN4O. The third-order valence-corrected chi connectivity index (χ3v) is 3.56. The molecule has 0 bridgehead atoms. The minimum atomic E-state index is 0. The fourth-order valence-corrected chi connectivity index (χ4v) is 2.74. The van der Waals surface area contributed by atoms with Gasteiger partial charge in [-0.25, -0.2) is 0 Å². The maximum atomic E-state index is 5.35. The lowest BCUT2D eigenvalue weighted by Crippen LogP contribution is -2.38. The van der Waals surface area contributed by atoms with E-state index in [1.807, 2.05) is 7.05 Å². The largest absolute Gasteiger partial charge is 0.338 e. The van der Waals surface area contributed by atoms with Gasteiger partial charge in [0.05, 0.1) is 6.54 Å². The summed E-state index contributed by atoms with van der Waals surface area (Å²) in [6, 6.07) is 0. The molecule has 1 N–H and O–H groups in total. The number of rotatable bonds is 6. The maximum absolute atomic E-state index is 5.35. The van der Waals surface area contributed by atoms with Crippen LogP contribution in [0.5, 0.6) is 0 Å². The van der Waals surface area contributed by atoms with E-state index in [9.17, 15) is 0 Å². The highest BCUT2D eigenvalue weighted by Crippen LogP contribution is 2.17. The van der Waals surface area contributed by atoms with Crippen LogP contribution in [-0.4, -0.2) is 41.7 Å². The van der Waals surface area contributed by atoms with Crippen LogP contribution in [0.1, 0.15) is 38.4 Å². The lowest BCUT2D eigenvalue weighted by atomic mass is 9.98. The first kappa shape index (κ1) is 17.4. The number of aromatic nitrogens is 2. The standard InChI is InChI=1S/C14H26N4O.ClH/c1-11(2)7-13-16-14(19-17-13)10-18-6-4-5-12(9-18)8-15-3;/h11-12,15H,4-10H2,1-3H3;1H. The molecule has 2 rings (SSSR count). The summed E-state index contributed by atoms with van der Waals surface area (Å²) in [5.41, 5.74) is 0. The summed E-state index contributed by atoms with van der Waals surface area (Å²) in [7, 11) is 2.02. The Bertz CT molecular complexity index is 381. The van der Waals surface area contributed by atoms with Gasteiger partial charge in [0.1, 0.15) is 0 Å². The SMILES string of the molecule is CNCC1CCCN(Cc2nc(CC(C)C)no2)C1.Cl. The molecule has 1 aliphatic rings. The van der Waals surface area contributed by atoms with E-state index in [4.69, 9.17) is 4.52 Å². The molecule has 20 heavy (non-hydrogen) atoms. The zero-order chi connectivity index (χ0) is 13.7. The third-order valence-electron chi connectivity index (χ3n) is 3.56. The zero-order valence-corrected chi connectivity index (χ0v) is 13.6. The van der Waals surface area contributed by atoms with Crippen molar-refractivity contribution in [2.75, 3.05) is 26.7 Å². The fourth-order valence-electron chi connectivity index (χ4n) is 2.74. The highest BCUT2D eigenvalue weighted by Gasteiger charge is 2.21. The Morgan fingerprint density at radius 3 is 2.95 bits per heavy atom. The summed E-state index contributed by atoms with van der Waals surface area (Å²) >= 11 is 0. The Morgan fingerprint density at radius 2 is 2.25 bits per heavy atom. The molecule has 0 spiro atoms. The van der Waals surface area contributed by atoms with Gasteiger partial charge in [0.2, 0.25) is 5.89 Å². The van der Waals surface area contributed by atoms with Gasteiger partial charge in [-0.1, -0.05) is 19.0 Å². The van der Waals surface area contributed by atoms with Gasteiger partial charge >= 0.3 is 0 Å². The Labute approximate surface area is 127 Å². The summed E-state index contributed by atoms with van der Waals surface area (Å²) in [4.78, 5) is 6.91. The van der Waals surface area contributed by atoms with E-state index in [-0.39, 0.29) is 12.4 Å². The number of hydrogen-bond acceptors (Lipinski definition) is 5. The molecule has 0 amide bonds. The molecule has 0 aliphatic carbocycles. The third kappa shape index (κ3) is 5.38. The minimum absolute atomic E-state index is 0. The zero-order valence-electron chi connectivity index (χ0n) is 12.8. The summed E-state index contributed by atoms with van der Waals surface area (Å²) in [5, 5.41) is 7.32. The molecule has 1 aromatic rings. The lowest BCUT2D eigenvalue weighted by Gasteiger charge is -2.31. The van der Waals surface area contributed by atoms with Gasteiger partial charge in [0.15, 0.2) is 5.82 Å². The second kappa shape index (κ2) is 8.60. The maximum Gasteiger partial charge on any atom is 0.240 e. The van der Waals surface area contributed by atoms with Gasteiger partial charge in [-0.15, -0.1) is 12.4 Å². The number of halogens is 1. The average molecular weight is 303 g/mol. The second-order valence-electron chi connectivity index (χ2n) is 6.00. The van der Waals surface area contributed by atoms with Gasteiger partial charge in [-0.3, -0.25) is 4.90 Å². The quantitative estimate of drug-likeness (QED) is 0.872. The molecule has 1 unspecified atom stereocenters. The molecule has 0 radical (unpaired) electrons. The first-order valence-corrected chi connectivity index (χ1v) is 7.35. The summed E-state index contributed by atoms with van der Waals surface area (Å²) in [6.07, 6.45) is 3.48. The molecule has 1 aromatic heterocycles. The van der Waals surface area contributed by atoms with E-state index in [0.29, 0.717) is 5.92 Å². The highest BCUT2D eigenvalue weighted by atomic mass is 35.5. The average Bonchev–Trinajstić information content (AvgIpc) is 2.76. The van der Waals surface area contributed by atoms with Crippen LogP contribution in [0.15, 0.2) is 4.52 Å². The van der Waals surface area contributed by atoms with Gasteiger partial charge in [-0.2, -0.15) is 4.98 Å². The molecule has 2 heterocycles. The van der Waals surface area contributed by atoms with Crippen LogP contribution in [0.3, 0.4) is 0 Å². The van der Waals surface area contributed by atoms with Crippen molar-refractivity contribution < 1.29 is 4.52 Å². The first-order chi connectivity index (χ1) is 9.17. The van der Waals surface area contributed by atoms with Crippen molar-refractivity contribution in [3.05, 3.63) is 11.7 Å². The summed E-state index contributed by atoms with van der Waals surface area (Å²) in [6.45, 7) is 8.50. The number of nitrogens with zero attached hydrogens (tertiary/aromatic N) is 3. The molecule has 0 aromatic carbocycles. The molecule has 6 heteroatoms. The van der Waals surface area contributed by atoms with Crippen molar-refractivity contribution in [2.45, 2.75) is 39.7 Å². The lowest BCUT2D eigenvalue weighted by molar-refractivity contribution is 0.149. The van der Waals surface area contributed by atoms with E-state index in [0.717, 1.165) is 50.2 Å². The fraction of sp³-hybridized carbons (Fsp3) is 0.857. The van der Waals surface area contributed by atoms with Crippen LogP contribution < -0.4 is 5.32 Å². The van der Waals surface area contributed by atoms with Crippen molar-refractivity contribution in [3.8, 4) is 0 Å². The summed E-state index contributed by atoms with van der Waals surface area (Å²) in [5.74, 6) is 2.92. The monoisotopic (exact) mass is 302 g/mol. The van der Waals surface area contributed by atoms with Crippen molar-refractivity contribution in [1.82, 2.24) is 20.4 Å². The van der Waals surface area contributed by atoms with Crippen LogP contribution >= 0.6 is 12.4 Å². The molecule has 1 saturated heterocycles. The predicted molar refractivity (Wildman–Crippen MR) is 82.0 cm³/mol. The Kier molecular flexibility index (Phi) is 7.48. The Morgan fingerprint density at radius 1 is 1.45 bits per heavy atom. The van der Waals surface area contributed by atoms with E-state index in [2.05, 4.69) is 34.2 Å². The minimum Gasteiger partial charge on any atom is -0.338 e. The Balaban J connectivity index is 0.00000200. The summed E-state index contributed by atoms with van der Waals surface area (Å²) < 4.78 is 5.35. The van der Waals surface area contributed by atoms with Crippen molar-refractivity contribution >= 4 is 12.4 Å². The first-order valence-electron chi connectivity index (χ1n) is 7.35. The number of piperidine rings is 1. The number of hydrogen-bond donors (Lipinski definition) is 1. The molecular weight excluding hydrogens is 276 g/mol. The van der Waals surface area contributed by atoms with Crippen molar-refractivity contribution in [1.29, 1.82) is 0 Å². The van der Waals surface area contributed by atoms with Crippen molar-refractivity contribution in [3.63, 3.8) is 0 Å². The van der Waals surface area contributed by atoms with Crippen LogP contribution in [-0.2, 0) is 13.0 Å². The Hall–Kier alpha value is -0.650. The van der Waals surface area contributed by atoms with Crippen molar-refractivity contribution in [2.24, 2.45) is 11.8 Å². The van der Waals surface area contributed by atoms with E-state index in [1.54, 1.807) is 0 Å².